The summed E-state index contributed by atoms with van der Waals surface area (Å²) in [6, 6.07) is 1.97. The van der Waals surface area contributed by atoms with E-state index in [9.17, 15) is 0 Å². The zero-order chi connectivity index (χ0) is 10.7. The van der Waals surface area contributed by atoms with Crippen molar-refractivity contribution in [1.29, 1.82) is 0 Å². The monoisotopic (exact) mass is 205 g/mol. The largest absolute Gasteiger partial charge is 0.396 e. The average Bonchev–Trinajstić information content (AvgIpc) is 2.25. The lowest BCUT2D eigenvalue weighted by molar-refractivity contribution is 0.356. The predicted molar refractivity (Wildman–Crippen MR) is 63.3 cm³/mol. The first kappa shape index (κ1) is 10.3. The van der Waals surface area contributed by atoms with Crippen LogP contribution in [-0.4, -0.2) is 4.98 Å². The molecule has 3 heteroatoms. The first-order chi connectivity index (χ1) is 7.25. The number of rotatable bonds is 2. The summed E-state index contributed by atoms with van der Waals surface area (Å²) in [4.78, 5) is 4.10. The Bertz CT molecular complexity index is 330. The fourth-order valence-electron chi connectivity index (χ4n) is 2.37. The lowest BCUT2D eigenvalue weighted by Gasteiger charge is -2.21. The molecule has 1 aliphatic carbocycles. The number of nitrogens with two attached hydrogens (primary N) is 2. The van der Waals surface area contributed by atoms with E-state index in [-0.39, 0.29) is 0 Å². The van der Waals surface area contributed by atoms with Crippen molar-refractivity contribution in [3.63, 3.8) is 0 Å². The highest BCUT2D eigenvalue weighted by atomic mass is 14.9. The van der Waals surface area contributed by atoms with Crippen LogP contribution in [0.5, 0.6) is 0 Å². The van der Waals surface area contributed by atoms with Gasteiger partial charge in [0.2, 0.25) is 0 Å². The van der Waals surface area contributed by atoms with Crippen LogP contribution < -0.4 is 11.5 Å². The van der Waals surface area contributed by atoms with E-state index in [1.807, 2.05) is 12.3 Å². The van der Waals surface area contributed by atoms with Gasteiger partial charge in [-0.3, -0.25) is 0 Å². The molecule has 2 rings (SSSR count). The predicted octanol–water partition coefficient (Wildman–Crippen LogP) is 2.37. The van der Waals surface area contributed by atoms with E-state index in [2.05, 4.69) is 4.98 Å². The van der Waals surface area contributed by atoms with Crippen molar-refractivity contribution in [2.75, 3.05) is 11.5 Å². The molecule has 0 spiro atoms. The van der Waals surface area contributed by atoms with Crippen molar-refractivity contribution >= 4 is 11.5 Å². The van der Waals surface area contributed by atoms with Crippen LogP contribution in [0.2, 0.25) is 0 Å². The quantitative estimate of drug-likeness (QED) is 0.779. The zero-order valence-electron chi connectivity index (χ0n) is 9.08. The van der Waals surface area contributed by atoms with Gasteiger partial charge in [-0.1, -0.05) is 32.1 Å². The third-order valence-corrected chi connectivity index (χ3v) is 3.26. The Morgan fingerprint density at radius 2 is 1.93 bits per heavy atom. The number of hydrogen-bond donors (Lipinski definition) is 2. The molecular formula is C12H19N3. The highest BCUT2D eigenvalue weighted by molar-refractivity contribution is 5.58. The normalized spacial score (nSPS) is 17.9. The Balaban J connectivity index is 2.00. The Morgan fingerprint density at radius 1 is 1.20 bits per heavy atom. The molecule has 1 heterocycles. The van der Waals surface area contributed by atoms with E-state index < -0.39 is 0 Å². The molecule has 3 nitrogen and oxygen atoms in total. The van der Waals surface area contributed by atoms with Crippen LogP contribution in [-0.2, 0) is 6.42 Å². The second-order valence-electron chi connectivity index (χ2n) is 4.53. The molecule has 82 valence electrons. The summed E-state index contributed by atoms with van der Waals surface area (Å²) in [5.41, 5.74) is 13.2. The van der Waals surface area contributed by atoms with E-state index in [0.717, 1.165) is 12.3 Å². The Hall–Kier alpha value is -1.25. The van der Waals surface area contributed by atoms with Crippen molar-refractivity contribution in [2.24, 2.45) is 5.92 Å². The molecule has 0 aromatic carbocycles. The van der Waals surface area contributed by atoms with Gasteiger partial charge in [-0.05, 0) is 24.0 Å². The molecule has 0 aliphatic heterocycles. The van der Waals surface area contributed by atoms with E-state index in [1.54, 1.807) is 0 Å². The van der Waals surface area contributed by atoms with Crippen LogP contribution in [0.3, 0.4) is 0 Å². The maximum Gasteiger partial charge on any atom is 0.146 e. The summed E-state index contributed by atoms with van der Waals surface area (Å²) in [7, 11) is 0. The molecule has 1 aromatic rings. The van der Waals surface area contributed by atoms with E-state index in [1.165, 1.54) is 37.7 Å². The molecule has 1 aromatic heterocycles. The lowest BCUT2D eigenvalue weighted by atomic mass is 9.85. The topological polar surface area (TPSA) is 64.9 Å². The van der Waals surface area contributed by atoms with Gasteiger partial charge in [0.25, 0.3) is 0 Å². The van der Waals surface area contributed by atoms with Gasteiger partial charge in [0.1, 0.15) is 5.82 Å². The summed E-state index contributed by atoms with van der Waals surface area (Å²) in [5.74, 6) is 1.27. The van der Waals surface area contributed by atoms with Gasteiger partial charge in [0, 0.05) is 6.20 Å². The van der Waals surface area contributed by atoms with Gasteiger partial charge in [0.15, 0.2) is 0 Å². The van der Waals surface area contributed by atoms with Crippen molar-refractivity contribution in [3.8, 4) is 0 Å². The second-order valence-corrected chi connectivity index (χ2v) is 4.53. The van der Waals surface area contributed by atoms with E-state index in [4.69, 9.17) is 11.5 Å². The minimum Gasteiger partial charge on any atom is -0.396 e. The van der Waals surface area contributed by atoms with E-state index >= 15 is 0 Å². The first-order valence-corrected chi connectivity index (χ1v) is 5.75. The number of pyridine rings is 1. The number of nitrogen functional groups attached to an aromatic ring is 2. The van der Waals surface area contributed by atoms with Gasteiger partial charge in [0.05, 0.1) is 5.69 Å². The molecule has 0 radical (unpaired) electrons. The van der Waals surface area contributed by atoms with Crippen LogP contribution in [0.25, 0.3) is 0 Å². The number of nitrogens with zero attached hydrogens (tertiary/aromatic N) is 1. The molecule has 0 amide bonds. The minimum absolute atomic E-state index is 0.447. The number of aromatic nitrogens is 1. The van der Waals surface area contributed by atoms with Crippen LogP contribution in [0.1, 0.15) is 37.7 Å². The molecule has 0 bridgehead atoms. The highest BCUT2D eigenvalue weighted by Gasteiger charge is 2.14. The van der Waals surface area contributed by atoms with Crippen molar-refractivity contribution in [3.05, 3.63) is 17.8 Å². The number of anilines is 2. The molecule has 1 saturated carbocycles. The summed E-state index contributed by atoms with van der Waals surface area (Å²) in [6.45, 7) is 0. The van der Waals surface area contributed by atoms with Gasteiger partial charge in [-0.15, -0.1) is 0 Å². The smallest absolute Gasteiger partial charge is 0.146 e. The van der Waals surface area contributed by atoms with Gasteiger partial charge in [-0.25, -0.2) is 4.98 Å². The van der Waals surface area contributed by atoms with Crippen molar-refractivity contribution in [2.45, 2.75) is 38.5 Å². The number of hydrogen-bond acceptors (Lipinski definition) is 3. The zero-order valence-corrected chi connectivity index (χ0v) is 9.08. The standard InChI is InChI=1S/C12H19N3/c13-11-7-10(8-15-12(11)14)6-9-4-2-1-3-5-9/h7-9H,1-6,13H2,(H2,14,15). The van der Waals surface area contributed by atoms with Crippen molar-refractivity contribution < 1.29 is 0 Å². The fraction of sp³-hybridized carbons (Fsp3) is 0.583. The molecule has 1 fully saturated rings. The molecule has 1 aliphatic rings. The van der Waals surface area contributed by atoms with Gasteiger partial charge < -0.3 is 11.5 Å². The summed E-state index contributed by atoms with van der Waals surface area (Å²) >= 11 is 0. The molecular weight excluding hydrogens is 186 g/mol. The molecule has 0 saturated heterocycles. The summed E-state index contributed by atoms with van der Waals surface area (Å²) in [6.07, 6.45) is 9.83. The average molecular weight is 205 g/mol. The summed E-state index contributed by atoms with van der Waals surface area (Å²) < 4.78 is 0. The van der Waals surface area contributed by atoms with Crippen LogP contribution in [0.4, 0.5) is 11.5 Å². The van der Waals surface area contributed by atoms with Crippen LogP contribution in [0, 0.1) is 5.92 Å². The minimum atomic E-state index is 0.447. The molecule has 0 atom stereocenters. The maximum absolute atomic E-state index is 5.74. The molecule has 15 heavy (non-hydrogen) atoms. The van der Waals surface area contributed by atoms with Crippen LogP contribution >= 0.6 is 0 Å². The molecule has 0 unspecified atom stereocenters. The van der Waals surface area contributed by atoms with Gasteiger partial charge >= 0.3 is 0 Å². The summed E-state index contributed by atoms with van der Waals surface area (Å²) in [5, 5.41) is 0. The Kier molecular flexibility index (Phi) is 3.09. The maximum atomic E-state index is 5.74. The van der Waals surface area contributed by atoms with Crippen molar-refractivity contribution in [1.82, 2.24) is 4.98 Å². The third-order valence-electron chi connectivity index (χ3n) is 3.26. The van der Waals surface area contributed by atoms with Gasteiger partial charge in [-0.2, -0.15) is 0 Å². The van der Waals surface area contributed by atoms with E-state index in [0.29, 0.717) is 11.5 Å². The lowest BCUT2D eigenvalue weighted by Crippen LogP contribution is -2.10. The fourth-order valence-corrected chi connectivity index (χ4v) is 2.37. The Morgan fingerprint density at radius 3 is 2.60 bits per heavy atom. The third kappa shape index (κ3) is 2.61. The van der Waals surface area contributed by atoms with Crippen LogP contribution in [0.15, 0.2) is 12.3 Å². The SMILES string of the molecule is Nc1cc(CC2CCCCC2)cnc1N. The molecule has 4 N–H and O–H groups in total. The Labute approximate surface area is 90.9 Å². The first-order valence-electron chi connectivity index (χ1n) is 5.75. The second kappa shape index (κ2) is 4.51. The highest BCUT2D eigenvalue weighted by Crippen LogP contribution is 2.27.